The average Bonchev–Trinajstić information content (AvgIpc) is 2.30. The van der Waals surface area contributed by atoms with E-state index in [1.807, 2.05) is 6.92 Å². The number of alkyl halides is 1. The summed E-state index contributed by atoms with van der Waals surface area (Å²) < 4.78 is 0. The first-order valence-corrected chi connectivity index (χ1v) is 6.90. The monoisotopic (exact) mass is 319 g/mol. The molecule has 0 bridgehead atoms. The molecule has 1 unspecified atom stereocenters. The molecule has 0 spiro atoms. The number of hydrogen-bond donors (Lipinski definition) is 2. The van der Waals surface area contributed by atoms with Crippen LogP contribution < -0.4 is 5.32 Å². The fourth-order valence-electron chi connectivity index (χ4n) is 1.41. The Balaban J connectivity index is 2.60. The summed E-state index contributed by atoms with van der Waals surface area (Å²) in [7, 11) is 0. The fourth-order valence-corrected chi connectivity index (χ4v) is 1.92. The Morgan fingerprint density at radius 3 is 2.88 bits per heavy atom. The van der Waals surface area contributed by atoms with E-state index in [-0.39, 0.29) is 22.7 Å². The van der Waals surface area contributed by atoms with E-state index in [1.165, 1.54) is 12.1 Å². The second-order valence-electron chi connectivity index (χ2n) is 3.87. The molecular formula is C12H15BrClNO2. The van der Waals surface area contributed by atoms with Crippen molar-refractivity contribution in [2.75, 3.05) is 5.33 Å². The van der Waals surface area contributed by atoms with Gasteiger partial charge in [-0.25, -0.2) is 0 Å². The third-order valence-corrected chi connectivity index (χ3v) is 3.22. The van der Waals surface area contributed by atoms with Crippen LogP contribution in [0.25, 0.3) is 0 Å². The summed E-state index contributed by atoms with van der Waals surface area (Å²) in [6.45, 7) is 1.96. The van der Waals surface area contributed by atoms with Crippen molar-refractivity contribution in [2.45, 2.75) is 25.8 Å². The van der Waals surface area contributed by atoms with Crippen molar-refractivity contribution in [2.24, 2.45) is 0 Å². The van der Waals surface area contributed by atoms with Gasteiger partial charge < -0.3 is 10.4 Å². The number of hydrogen-bond acceptors (Lipinski definition) is 2. The largest absolute Gasteiger partial charge is 0.506 e. The predicted molar refractivity (Wildman–Crippen MR) is 73.1 cm³/mol. The number of carbonyl (C=O) groups is 1. The number of amides is 1. The van der Waals surface area contributed by atoms with Crippen LogP contribution in [-0.4, -0.2) is 22.4 Å². The van der Waals surface area contributed by atoms with Crippen LogP contribution in [0.5, 0.6) is 5.75 Å². The van der Waals surface area contributed by atoms with Gasteiger partial charge in [0.1, 0.15) is 5.75 Å². The van der Waals surface area contributed by atoms with Gasteiger partial charge in [-0.2, -0.15) is 0 Å². The maximum atomic E-state index is 11.8. The van der Waals surface area contributed by atoms with Crippen LogP contribution in [0.1, 0.15) is 30.1 Å². The van der Waals surface area contributed by atoms with Crippen molar-refractivity contribution in [3.8, 4) is 5.75 Å². The third-order valence-electron chi connectivity index (χ3n) is 2.36. The standard InChI is InChI=1S/C12H15BrClNO2/c1-8(3-2-6-13)15-12(17)9-4-5-11(16)10(14)7-9/h4-5,7-8,16H,2-3,6H2,1H3,(H,15,17). The number of carbonyl (C=O) groups excluding carboxylic acids is 1. The highest BCUT2D eigenvalue weighted by Gasteiger charge is 2.11. The Hall–Kier alpha value is -0.740. The molecule has 0 aromatic heterocycles. The molecule has 1 rings (SSSR count). The lowest BCUT2D eigenvalue weighted by Gasteiger charge is -2.13. The van der Waals surface area contributed by atoms with Crippen LogP contribution in [0, 0.1) is 0 Å². The molecule has 0 saturated carbocycles. The highest BCUT2D eigenvalue weighted by molar-refractivity contribution is 9.09. The van der Waals surface area contributed by atoms with Gasteiger partial charge in [0.05, 0.1) is 5.02 Å². The van der Waals surface area contributed by atoms with E-state index in [0.717, 1.165) is 18.2 Å². The molecule has 0 aliphatic heterocycles. The maximum Gasteiger partial charge on any atom is 0.251 e. The van der Waals surface area contributed by atoms with Crippen molar-refractivity contribution in [1.82, 2.24) is 5.32 Å². The Morgan fingerprint density at radius 2 is 2.29 bits per heavy atom. The fraction of sp³-hybridized carbons (Fsp3) is 0.417. The third kappa shape index (κ3) is 4.56. The maximum absolute atomic E-state index is 11.8. The van der Waals surface area contributed by atoms with E-state index in [1.54, 1.807) is 6.07 Å². The van der Waals surface area contributed by atoms with Crippen molar-refractivity contribution >= 4 is 33.4 Å². The first kappa shape index (κ1) is 14.3. The van der Waals surface area contributed by atoms with Crippen molar-refractivity contribution in [3.63, 3.8) is 0 Å². The predicted octanol–water partition coefficient (Wildman–Crippen LogP) is 3.34. The lowest BCUT2D eigenvalue weighted by atomic mass is 10.1. The number of nitrogens with one attached hydrogen (secondary N) is 1. The first-order chi connectivity index (χ1) is 8.04. The number of benzene rings is 1. The van der Waals surface area contributed by atoms with Crippen molar-refractivity contribution in [3.05, 3.63) is 28.8 Å². The van der Waals surface area contributed by atoms with Crippen LogP contribution in [0.2, 0.25) is 5.02 Å². The summed E-state index contributed by atoms with van der Waals surface area (Å²) >= 11 is 9.09. The summed E-state index contributed by atoms with van der Waals surface area (Å²) in [5.74, 6) is -0.190. The molecule has 5 heteroatoms. The van der Waals surface area contributed by atoms with E-state index in [9.17, 15) is 9.90 Å². The highest BCUT2D eigenvalue weighted by Crippen LogP contribution is 2.23. The Morgan fingerprint density at radius 1 is 1.59 bits per heavy atom. The topological polar surface area (TPSA) is 49.3 Å². The van der Waals surface area contributed by atoms with Gasteiger partial charge in [0.15, 0.2) is 0 Å². The van der Waals surface area contributed by atoms with Gasteiger partial charge in [0.25, 0.3) is 5.91 Å². The van der Waals surface area contributed by atoms with Gasteiger partial charge >= 0.3 is 0 Å². The van der Waals surface area contributed by atoms with Gasteiger partial charge in [-0.1, -0.05) is 27.5 Å². The van der Waals surface area contributed by atoms with Crippen molar-refractivity contribution in [1.29, 1.82) is 0 Å². The van der Waals surface area contributed by atoms with Crippen molar-refractivity contribution < 1.29 is 9.90 Å². The molecule has 3 nitrogen and oxygen atoms in total. The SMILES string of the molecule is CC(CCCBr)NC(=O)c1ccc(O)c(Cl)c1. The summed E-state index contributed by atoms with van der Waals surface area (Å²) in [6.07, 6.45) is 1.93. The van der Waals surface area contributed by atoms with E-state index in [2.05, 4.69) is 21.2 Å². The molecule has 0 radical (unpaired) electrons. The number of halogens is 2. The van der Waals surface area contributed by atoms with Gasteiger partial charge in [-0.05, 0) is 38.0 Å². The number of phenolic OH excluding ortho intramolecular Hbond substituents is 1. The summed E-state index contributed by atoms with van der Waals surface area (Å²) in [6, 6.07) is 4.55. The zero-order chi connectivity index (χ0) is 12.8. The van der Waals surface area contributed by atoms with Crippen LogP contribution in [-0.2, 0) is 0 Å². The number of rotatable bonds is 5. The lowest BCUT2D eigenvalue weighted by molar-refractivity contribution is 0.0938. The van der Waals surface area contributed by atoms with Crippen LogP contribution in [0.3, 0.4) is 0 Å². The average molecular weight is 321 g/mol. The van der Waals surface area contributed by atoms with Gasteiger partial charge in [0.2, 0.25) is 0 Å². The van der Waals surface area contributed by atoms with Crippen LogP contribution in [0.4, 0.5) is 0 Å². The van der Waals surface area contributed by atoms with Crippen LogP contribution in [0.15, 0.2) is 18.2 Å². The molecule has 94 valence electrons. The molecule has 0 fully saturated rings. The minimum absolute atomic E-state index is 0.0180. The smallest absolute Gasteiger partial charge is 0.251 e. The quantitative estimate of drug-likeness (QED) is 0.818. The molecule has 1 aromatic rings. The number of phenols is 1. The Bertz CT molecular complexity index is 398. The molecule has 0 saturated heterocycles. The molecule has 0 heterocycles. The second-order valence-corrected chi connectivity index (χ2v) is 5.07. The van der Waals surface area contributed by atoms with Crippen LogP contribution >= 0.6 is 27.5 Å². The Kier molecular flexibility index (Phi) is 5.78. The van der Waals surface area contributed by atoms with Gasteiger partial charge in [-0.15, -0.1) is 0 Å². The van der Waals surface area contributed by atoms with E-state index in [4.69, 9.17) is 11.6 Å². The summed E-state index contributed by atoms with van der Waals surface area (Å²) in [5.41, 5.74) is 0.457. The van der Waals surface area contributed by atoms with Gasteiger partial charge in [0, 0.05) is 16.9 Å². The van der Waals surface area contributed by atoms with E-state index < -0.39 is 0 Å². The van der Waals surface area contributed by atoms with Gasteiger partial charge in [-0.3, -0.25) is 4.79 Å². The zero-order valence-electron chi connectivity index (χ0n) is 9.54. The minimum atomic E-state index is -0.172. The lowest BCUT2D eigenvalue weighted by Crippen LogP contribution is -2.32. The highest BCUT2D eigenvalue weighted by atomic mass is 79.9. The first-order valence-electron chi connectivity index (χ1n) is 5.40. The minimum Gasteiger partial charge on any atom is -0.506 e. The summed E-state index contributed by atoms with van der Waals surface area (Å²) in [4.78, 5) is 11.8. The molecule has 0 aliphatic carbocycles. The number of aromatic hydroxyl groups is 1. The molecule has 1 amide bonds. The molecular weight excluding hydrogens is 305 g/mol. The zero-order valence-corrected chi connectivity index (χ0v) is 11.9. The molecule has 0 aliphatic rings. The Labute approximate surface area is 114 Å². The molecule has 1 atom stereocenters. The van der Waals surface area contributed by atoms with E-state index >= 15 is 0 Å². The molecule has 2 N–H and O–H groups in total. The second kappa shape index (κ2) is 6.87. The molecule has 17 heavy (non-hydrogen) atoms. The normalized spacial score (nSPS) is 12.2. The summed E-state index contributed by atoms with van der Waals surface area (Å²) in [5, 5.41) is 13.2. The molecule has 1 aromatic carbocycles. The van der Waals surface area contributed by atoms with E-state index in [0.29, 0.717) is 5.56 Å².